The first-order valence-electron chi connectivity index (χ1n) is 5.90. The Kier molecular flexibility index (Phi) is 5.34. The van der Waals surface area contributed by atoms with Crippen molar-refractivity contribution in [2.45, 2.75) is 20.4 Å². The summed E-state index contributed by atoms with van der Waals surface area (Å²) >= 11 is 0. The standard InChI is InChI=1S/C14H18N2O2/c1-11-3-5-13(6-4-11)10-16(8-7-15)9-12(2)14(17)18/h3-6,12H,8-10H2,1-2H3,(H,17,18). The molecule has 0 radical (unpaired) electrons. The molecule has 1 rings (SSSR count). The molecule has 0 aromatic heterocycles. The van der Waals surface area contributed by atoms with E-state index in [1.165, 1.54) is 5.56 Å². The molecular formula is C14H18N2O2. The lowest BCUT2D eigenvalue weighted by molar-refractivity contribution is -0.141. The van der Waals surface area contributed by atoms with Crippen LogP contribution in [0.1, 0.15) is 18.1 Å². The lowest BCUT2D eigenvalue weighted by Gasteiger charge is -2.21. The Balaban J connectivity index is 2.65. The molecule has 1 aromatic carbocycles. The van der Waals surface area contributed by atoms with E-state index in [-0.39, 0.29) is 6.54 Å². The number of aliphatic carboxylic acids is 1. The summed E-state index contributed by atoms with van der Waals surface area (Å²) in [5, 5.41) is 17.7. The second-order valence-corrected chi connectivity index (χ2v) is 4.55. The molecule has 0 aliphatic carbocycles. The number of hydrogen-bond acceptors (Lipinski definition) is 3. The van der Waals surface area contributed by atoms with Crippen LogP contribution in [0.2, 0.25) is 0 Å². The molecular weight excluding hydrogens is 228 g/mol. The van der Waals surface area contributed by atoms with Gasteiger partial charge in [0.25, 0.3) is 0 Å². The molecule has 1 N–H and O–H groups in total. The van der Waals surface area contributed by atoms with Crippen LogP contribution in [-0.2, 0) is 11.3 Å². The van der Waals surface area contributed by atoms with Gasteiger partial charge in [-0.2, -0.15) is 5.26 Å². The second kappa shape index (κ2) is 6.77. The number of carboxylic acids is 1. The quantitative estimate of drug-likeness (QED) is 0.780. The van der Waals surface area contributed by atoms with Crippen molar-refractivity contribution in [2.75, 3.05) is 13.1 Å². The average molecular weight is 246 g/mol. The molecule has 0 aliphatic heterocycles. The molecule has 4 heteroatoms. The molecule has 0 saturated carbocycles. The van der Waals surface area contributed by atoms with Crippen molar-refractivity contribution in [1.29, 1.82) is 5.26 Å². The fraction of sp³-hybridized carbons (Fsp3) is 0.429. The molecule has 1 atom stereocenters. The van der Waals surface area contributed by atoms with Gasteiger partial charge in [-0.15, -0.1) is 0 Å². The van der Waals surface area contributed by atoms with Gasteiger partial charge >= 0.3 is 5.97 Å². The Morgan fingerprint density at radius 1 is 1.44 bits per heavy atom. The van der Waals surface area contributed by atoms with Crippen molar-refractivity contribution >= 4 is 5.97 Å². The van der Waals surface area contributed by atoms with E-state index < -0.39 is 11.9 Å². The van der Waals surface area contributed by atoms with E-state index >= 15 is 0 Å². The number of rotatable bonds is 6. The summed E-state index contributed by atoms with van der Waals surface area (Å²) in [6.45, 7) is 4.90. The Hall–Kier alpha value is -1.86. The van der Waals surface area contributed by atoms with Gasteiger partial charge in [-0.25, -0.2) is 0 Å². The lowest BCUT2D eigenvalue weighted by Crippen LogP contribution is -2.31. The highest BCUT2D eigenvalue weighted by Gasteiger charge is 2.16. The fourth-order valence-corrected chi connectivity index (χ4v) is 1.70. The lowest BCUT2D eigenvalue weighted by atomic mass is 10.1. The molecule has 96 valence electrons. The van der Waals surface area contributed by atoms with Crippen LogP contribution < -0.4 is 0 Å². The number of nitriles is 1. The van der Waals surface area contributed by atoms with Gasteiger partial charge in [0, 0.05) is 13.1 Å². The van der Waals surface area contributed by atoms with Crippen LogP contribution in [0, 0.1) is 24.2 Å². The maximum Gasteiger partial charge on any atom is 0.307 e. The van der Waals surface area contributed by atoms with E-state index in [2.05, 4.69) is 6.07 Å². The van der Waals surface area contributed by atoms with Crippen molar-refractivity contribution < 1.29 is 9.90 Å². The minimum absolute atomic E-state index is 0.242. The monoisotopic (exact) mass is 246 g/mol. The Morgan fingerprint density at radius 3 is 2.56 bits per heavy atom. The van der Waals surface area contributed by atoms with Crippen LogP contribution in [0.5, 0.6) is 0 Å². The van der Waals surface area contributed by atoms with E-state index in [4.69, 9.17) is 10.4 Å². The van der Waals surface area contributed by atoms with Crippen molar-refractivity contribution in [1.82, 2.24) is 4.90 Å². The van der Waals surface area contributed by atoms with Crippen LogP contribution >= 0.6 is 0 Å². The Bertz CT molecular complexity index is 434. The molecule has 1 aromatic rings. The summed E-state index contributed by atoms with van der Waals surface area (Å²) in [6.07, 6.45) is 0. The maximum absolute atomic E-state index is 10.8. The Labute approximate surface area is 107 Å². The van der Waals surface area contributed by atoms with Crippen molar-refractivity contribution in [3.05, 3.63) is 35.4 Å². The van der Waals surface area contributed by atoms with Crippen molar-refractivity contribution in [3.8, 4) is 6.07 Å². The third-order valence-electron chi connectivity index (χ3n) is 2.77. The predicted molar refractivity (Wildman–Crippen MR) is 68.9 cm³/mol. The third-order valence-corrected chi connectivity index (χ3v) is 2.77. The molecule has 0 spiro atoms. The number of hydrogen-bond donors (Lipinski definition) is 1. The summed E-state index contributed by atoms with van der Waals surface area (Å²) in [6, 6.07) is 10.1. The smallest absolute Gasteiger partial charge is 0.307 e. The number of benzene rings is 1. The van der Waals surface area contributed by atoms with E-state index in [1.807, 2.05) is 36.1 Å². The van der Waals surface area contributed by atoms with Crippen LogP contribution in [-0.4, -0.2) is 29.1 Å². The van der Waals surface area contributed by atoms with Gasteiger partial charge in [0.15, 0.2) is 0 Å². The highest BCUT2D eigenvalue weighted by Crippen LogP contribution is 2.09. The van der Waals surface area contributed by atoms with Crippen molar-refractivity contribution in [2.24, 2.45) is 5.92 Å². The van der Waals surface area contributed by atoms with Crippen LogP contribution in [0.4, 0.5) is 0 Å². The number of carbonyl (C=O) groups is 1. The minimum atomic E-state index is -0.832. The van der Waals surface area contributed by atoms with Gasteiger partial charge in [0.2, 0.25) is 0 Å². The SMILES string of the molecule is Cc1ccc(CN(CC#N)CC(C)C(=O)O)cc1. The van der Waals surface area contributed by atoms with Gasteiger partial charge in [-0.05, 0) is 12.5 Å². The molecule has 4 nitrogen and oxygen atoms in total. The zero-order chi connectivity index (χ0) is 13.5. The number of aryl methyl sites for hydroxylation is 1. The topological polar surface area (TPSA) is 64.3 Å². The first-order chi connectivity index (χ1) is 8.52. The summed E-state index contributed by atoms with van der Waals surface area (Å²) in [7, 11) is 0. The van der Waals surface area contributed by atoms with Gasteiger partial charge in [-0.3, -0.25) is 9.69 Å². The van der Waals surface area contributed by atoms with Gasteiger partial charge < -0.3 is 5.11 Å². The number of carboxylic acid groups (broad SMARTS) is 1. The average Bonchev–Trinajstić information content (AvgIpc) is 2.32. The summed E-state index contributed by atoms with van der Waals surface area (Å²) in [5.41, 5.74) is 2.28. The summed E-state index contributed by atoms with van der Waals surface area (Å²) in [4.78, 5) is 12.7. The molecule has 0 aliphatic rings. The predicted octanol–water partition coefficient (Wildman–Crippen LogP) is 2.04. The minimum Gasteiger partial charge on any atom is -0.481 e. The van der Waals surface area contributed by atoms with Crippen LogP contribution in [0.3, 0.4) is 0 Å². The highest BCUT2D eigenvalue weighted by molar-refractivity contribution is 5.69. The first-order valence-corrected chi connectivity index (χ1v) is 5.90. The fourth-order valence-electron chi connectivity index (χ4n) is 1.70. The largest absolute Gasteiger partial charge is 0.481 e. The van der Waals surface area contributed by atoms with E-state index in [9.17, 15) is 4.79 Å². The van der Waals surface area contributed by atoms with Gasteiger partial charge in [-0.1, -0.05) is 36.8 Å². The zero-order valence-corrected chi connectivity index (χ0v) is 10.8. The third kappa shape index (κ3) is 4.56. The maximum atomic E-state index is 10.8. The highest BCUT2D eigenvalue weighted by atomic mass is 16.4. The molecule has 0 bridgehead atoms. The summed E-state index contributed by atoms with van der Waals surface area (Å²) < 4.78 is 0. The number of nitrogens with zero attached hydrogens (tertiary/aromatic N) is 2. The second-order valence-electron chi connectivity index (χ2n) is 4.55. The van der Waals surface area contributed by atoms with Gasteiger partial charge in [0.05, 0.1) is 18.5 Å². The normalized spacial score (nSPS) is 12.1. The molecule has 0 heterocycles. The van der Waals surface area contributed by atoms with E-state index in [0.717, 1.165) is 5.56 Å². The Morgan fingerprint density at radius 2 is 2.06 bits per heavy atom. The molecule has 0 saturated heterocycles. The molecule has 1 unspecified atom stereocenters. The molecule has 0 amide bonds. The molecule has 0 fully saturated rings. The van der Waals surface area contributed by atoms with Crippen LogP contribution in [0.25, 0.3) is 0 Å². The summed E-state index contributed by atoms with van der Waals surface area (Å²) in [5.74, 6) is -1.30. The van der Waals surface area contributed by atoms with Gasteiger partial charge in [0.1, 0.15) is 0 Å². The van der Waals surface area contributed by atoms with Crippen molar-refractivity contribution in [3.63, 3.8) is 0 Å². The zero-order valence-electron chi connectivity index (χ0n) is 10.8. The van der Waals surface area contributed by atoms with E-state index in [1.54, 1.807) is 6.92 Å². The molecule has 18 heavy (non-hydrogen) atoms. The first kappa shape index (κ1) is 14.2. The van der Waals surface area contributed by atoms with Crippen LogP contribution in [0.15, 0.2) is 24.3 Å². The van der Waals surface area contributed by atoms with E-state index in [0.29, 0.717) is 13.1 Å².